The van der Waals surface area contributed by atoms with Gasteiger partial charge in [0.15, 0.2) is 5.96 Å². The highest BCUT2D eigenvalue weighted by Gasteiger charge is 2.32. The van der Waals surface area contributed by atoms with Gasteiger partial charge in [-0.3, -0.25) is 4.99 Å². The van der Waals surface area contributed by atoms with E-state index in [1.807, 2.05) is 29.2 Å². The van der Waals surface area contributed by atoms with Crippen molar-refractivity contribution in [3.05, 3.63) is 29.3 Å². The molecule has 1 heterocycles. The van der Waals surface area contributed by atoms with Crippen LogP contribution in [0.25, 0.3) is 0 Å². The van der Waals surface area contributed by atoms with Crippen LogP contribution in [-0.4, -0.2) is 31.3 Å². The van der Waals surface area contributed by atoms with Crippen molar-refractivity contribution in [2.75, 3.05) is 18.6 Å². The van der Waals surface area contributed by atoms with Gasteiger partial charge in [0.05, 0.1) is 18.2 Å². The van der Waals surface area contributed by atoms with Gasteiger partial charge in [-0.25, -0.2) is 0 Å². The standard InChI is InChI=1S/C14H20ClN3O/c1-14(2,19-3)8-12-9-17-13(16)18(12)11-6-4-5-10(15)7-11/h4-7,12H,8-9H2,1-3H3,(H2,16,17). The predicted molar refractivity (Wildman–Crippen MR) is 79.9 cm³/mol. The third-order valence-corrected chi connectivity index (χ3v) is 3.68. The number of nitrogens with zero attached hydrogens (tertiary/aromatic N) is 2. The zero-order valence-corrected chi connectivity index (χ0v) is 12.3. The van der Waals surface area contributed by atoms with Crippen LogP contribution < -0.4 is 10.6 Å². The molecule has 2 rings (SSSR count). The van der Waals surface area contributed by atoms with Crippen molar-refractivity contribution in [2.24, 2.45) is 10.7 Å². The third kappa shape index (κ3) is 3.19. The van der Waals surface area contributed by atoms with Crippen molar-refractivity contribution in [3.8, 4) is 0 Å². The molecule has 5 heteroatoms. The van der Waals surface area contributed by atoms with Crippen molar-refractivity contribution in [1.29, 1.82) is 0 Å². The fraction of sp³-hybridized carbons (Fsp3) is 0.500. The Morgan fingerprint density at radius 1 is 1.53 bits per heavy atom. The molecule has 104 valence electrons. The van der Waals surface area contributed by atoms with Gasteiger partial charge < -0.3 is 15.4 Å². The summed E-state index contributed by atoms with van der Waals surface area (Å²) < 4.78 is 5.50. The molecule has 19 heavy (non-hydrogen) atoms. The Kier molecular flexibility index (Phi) is 4.02. The van der Waals surface area contributed by atoms with E-state index in [0.29, 0.717) is 17.5 Å². The van der Waals surface area contributed by atoms with Gasteiger partial charge in [-0.1, -0.05) is 17.7 Å². The van der Waals surface area contributed by atoms with Crippen LogP contribution in [0.1, 0.15) is 20.3 Å². The summed E-state index contributed by atoms with van der Waals surface area (Å²) in [6.07, 6.45) is 0.847. The van der Waals surface area contributed by atoms with Gasteiger partial charge >= 0.3 is 0 Å². The Labute approximate surface area is 119 Å². The summed E-state index contributed by atoms with van der Waals surface area (Å²) >= 11 is 6.05. The first-order valence-electron chi connectivity index (χ1n) is 6.33. The molecule has 1 aromatic carbocycles. The van der Waals surface area contributed by atoms with Crippen LogP contribution in [0.5, 0.6) is 0 Å². The predicted octanol–water partition coefficient (Wildman–Crippen LogP) is 2.66. The molecule has 0 saturated carbocycles. The lowest BCUT2D eigenvalue weighted by atomic mass is 9.98. The average molecular weight is 282 g/mol. The van der Waals surface area contributed by atoms with Gasteiger partial charge in [0.25, 0.3) is 0 Å². The highest BCUT2D eigenvalue weighted by molar-refractivity contribution is 6.30. The van der Waals surface area contributed by atoms with E-state index in [2.05, 4.69) is 18.8 Å². The molecule has 0 amide bonds. The number of ether oxygens (including phenoxy) is 1. The molecule has 2 N–H and O–H groups in total. The second kappa shape index (κ2) is 5.39. The Hall–Kier alpha value is -1.26. The normalized spacial score (nSPS) is 19.7. The quantitative estimate of drug-likeness (QED) is 0.923. The minimum Gasteiger partial charge on any atom is -0.379 e. The van der Waals surface area contributed by atoms with Crippen LogP contribution in [0.3, 0.4) is 0 Å². The maximum atomic E-state index is 6.05. The fourth-order valence-corrected chi connectivity index (χ4v) is 2.50. The van der Waals surface area contributed by atoms with E-state index in [1.54, 1.807) is 7.11 Å². The summed E-state index contributed by atoms with van der Waals surface area (Å²) in [7, 11) is 1.73. The summed E-state index contributed by atoms with van der Waals surface area (Å²) in [5.74, 6) is 0.541. The minimum absolute atomic E-state index is 0.202. The summed E-state index contributed by atoms with van der Waals surface area (Å²) in [5.41, 5.74) is 6.77. The first-order valence-corrected chi connectivity index (χ1v) is 6.70. The summed E-state index contributed by atoms with van der Waals surface area (Å²) in [6, 6.07) is 7.87. The summed E-state index contributed by atoms with van der Waals surface area (Å²) in [5, 5.41) is 0.696. The van der Waals surface area contributed by atoms with Crippen LogP contribution in [0.2, 0.25) is 5.02 Å². The summed E-state index contributed by atoms with van der Waals surface area (Å²) in [6.45, 7) is 4.82. The van der Waals surface area contributed by atoms with E-state index in [0.717, 1.165) is 12.1 Å². The average Bonchev–Trinajstić information content (AvgIpc) is 2.70. The van der Waals surface area contributed by atoms with Crippen molar-refractivity contribution in [2.45, 2.75) is 31.9 Å². The molecule has 1 aromatic rings. The molecule has 0 bridgehead atoms. The van der Waals surface area contributed by atoms with Crippen LogP contribution in [0, 0.1) is 0 Å². The Bertz CT molecular complexity index is 487. The van der Waals surface area contributed by atoms with Crippen LogP contribution in [0.4, 0.5) is 5.69 Å². The second-order valence-corrected chi connectivity index (χ2v) is 5.81. The first kappa shape index (κ1) is 14.2. The molecule has 4 nitrogen and oxygen atoms in total. The zero-order chi connectivity index (χ0) is 14.0. The lowest BCUT2D eigenvalue weighted by Gasteiger charge is -2.32. The van der Waals surface area contributed by atoms with Gasteiger partial charge in [-0.05, 0) is 38.5 Å². The van der Waals surface area contributed by atoms with Gasteiger partial charge in [0.1, 0.15) is 0 Å². The first-order chi connectivity index (χ1) is 8.93. The molecular weight excluding hydrogens is 262 g/mol. The number of halogens is 1. The maximum absolute atomic E-state index is 6.05. The van der Waals surface area contributed by atoms with E-state index in [4.69, 9.17) is 22.1 Å². The number of hydrogen-bond donors (Lipinski definition) is 1. The smallest absolute Gasteiger partial charge is 0.196 e. The Morgan fingerprint density at radius 2 is 2.26 bits per heavy atom. The second-order valence-electron chi connectivity index (χ2n) is 5.37. The number of guanidine groups is 1. The van der Waals surface area contributed by atoms with Crippen molar-refractivity contribution >= 4 is 23.2 Å². The molecule has 1 atom stereocenters. The van der Waals surface area contributed by atoms with E-state index >= 15 is 0 Å². The number of methoxy groups -OCH3 is 1. The highest BCUT2D eigenvalue weighted by Crippen LogP contribution is 2.28. The Morgan fingerprint density at radius 3 is 2.89 bits per heavy atom. The molecule has 1 aliphatic heterocycles. The largest absolute Gasteiger partial charge is 0.379 e. The van der Waals surface area contributed by atoms with Crippen molar-refractivity contribution in [3.63, 3.8) is 0 Å². The van der Waals surface area contributed by atoms with E-state index in [9.17, 15) is 0 Å². The van der Waals surface area contributed by atoms with Crippen LogP contribution >= 0.6 is 11.6 Å². The number of aliphatic imine (C=N–C) groups is 1. The van der Waals surface area contributed by atoms with Crippen molar-refractivity contribution in [1.82, 2.24) is 0 Å². The molecule has 0 fully saturated rings. The van der Waals surface area contributed by atoms with Crippen LogP contribution in [-0.2, 0) is 4.74 Å². The molecule has 1 aliphatic rings. The molecule has 1 unspecified atom stereocenters. The minimum atomic E-state index is -0.207. The maximum Gasteiger partial charge on any atom is 0.196 e. The molecule has 0 spiro atoms. The van der Waals surface area contributed by atoms with Gasteiger partial charge in [-0.15, -0.1) is 0 Å². The molecule has 0 aromatic heterocycles. The lowest BCUT2D eigenvalue weighted by molar-refractivity contribution is 0.0115. The van der Waals surface area contributed by atoms with E-state index in [1.165, 1.54) is 0 Å². The Balaban J connectivity index is 2.23. The van der Waals surface area contributed by atoms with E-state index < -0.39 is 0 Å². The van der Waals surface area contributed by atoms with Gasteiger partial charge in [-0.2, -0.15) is 0 Å². The molecule has 0 saturated heterocycles. The molecule has 0 radical (unpaired) electrons. The number of rotatable bonds is 4. The van der Waals surface area contributed by atoms with Gasteiger partial charge in [0, 0.05) is 17.8 Å². The molecule has 0 aliphatic carbocycles. The zero-order valence-electron chi connectivity index (χ0n) is 11.6. The lowest BCUT2D eigenvalue weighted by Crippen LogP contribution is -2.44. The highest BCUT2D eigenvalue weighted by atomic mass is 35.5. The topological polar surface area (TPSA) is 50.9 Å². The van der Waals surface area contributed by atoms with Crippen LogP contribution in [0.15, 0.2) is 29.3 Å². The van der Waals surface area contributed by atoms with E-state index in [-0.39, 0.29) is 11.6 Å². The monoisotopic (exact) mass is 281 g/mol. The summed E-state index contributed by atoms with van der Waals surface area (Å²) in [4.78, 5) is 6.38. The SMILES string of the molecule is COC(C)(C)CC1CN=C(N)N1c1cccc(Cl)c1. The van der Waals surface area contributed by atoms with Crippen molar-refractivity contribution < 1.29 is 4.74 Å². The number of anilines is 1. The fourth-order valence-electron chi connectivity index (χ4n) is 2.32. The van der Waals surface area contributed by atoms with Gasteiger partial charge in [0.2, 0.25) is 0 Å². The molecular formula is C14H20ClN3O. The number of benzene rings is 1. The number of hydrogen-bond acceptors (Lipinski definition) is 4. The number of nitrogens with two attached hydrogens (primary N) is 1. The third-order valence-electron chi connectivity index (χ3n) is 3.44.